The average Bonchev–Trinajstić information content (AvgIpc) is 2.94. The normalized spacial score (nSPS) is 18.4. The molecule has 5 heteroatoms. The van der Waals surface area contributed by atoms with Crippen LogP contribution >= 0.6 is 23.2 Å². The van der Waals surface area contributed by atoms with Crippen molar-refractivity contribution in [2.24, 2.45) is 0 Å². The largest absolute Gasteiger partial charge is 0.370 e. The highest BCUT2D eigenvalue weighted by Crippen LogP contribution is 2.36. The van der Waals surface area contributed by atoms with Crippen LogP contribution in [0.2, 0.25) is 10.3 Å². The van der Waals surface area contributed by atoms with Gasteiger partial charge in [-0.15, -0.1) is 0 Å². The monoisotopic (exact) mass is 308 g/mol. The maximum Gasteiger partial charge on any atom is 0.160 e. The van der Waals surface area contributed by atoms with Crippen molar-refractivity contribution in [2.45, 2.75) is 25.9 Å². The molecule has 1 unspecified atom stereocenters. The van der Waals surface area contributed by atoms with E-state index >= 15 is 0 Å². The molecule has 1 atom stereocenters. The SMILES string of the molecule is Cc1ccccc1-c1c(Cl)nc(C2CCCO2)nc1Cl. The smallest absolute Gasteiger partial charge is 0.160 e. The van der Waals surface area contributed by atoms with Crippen LogP contribution in [-0.4, -0.2) is 16.6 Å². The third kappa shape index (κ3) is 2.53. The second-order valence-corrected chi connectivity index (χ2v) is 5.57. The number of hydrogen-bond donors (Lipinski definition) is 0. The Hall–Kier alpha value is -1.16. The highest BCUT2D eigenvalue weighted by molar-refractivity contribution is 6.37. The Balaban J connectivity index is 2.07. The van der Waals surface area contributed by atoms with Crippen LogP contribution in [0, 0.1) is 6.92 Å². The van der Waals surface area contributed by atoms with Gasteiger partial charge >= 0.3 is 0 Å². The summed E-state index contributed by atoms with van der Waals surface area (Å²) in [7, 11) is 0. The second-order valence-electron chi connectivity index (χ2n) is 4.86. The van der Waals surface area contributed by atoms with E-state index in [-0.39, 0.29) is 6.10 Å². The van der Waals surface area contributed by atoms with Crippen LogP contribution in [0.3, 0.4) is 0 Å². The van der Waals surface area contributed by atoms with E-state index in [0.29, 0.717) is 21.7 Å². The molecule has 2 heterocycles. The molecule has 1 aliphatic heterocycles. The Morgan fingerprint density at radius 1 is 1.15 bits per heavy atom. The van der Waals surface area contributed by atoms with E-state index in [2.05, 4.69) is 9.97 Å². The molecule has 0 amide bonds. The molecule has 1 aromatic carbocycles. The van der Waals surface area contributed by atoms with E-state index in [9.17, 15) is 0 Å². The highest BCUT2D eigenvalue weighted by Gasteiger charge is 2.23. The van der Waals surface area contributed by atoms with Gasteiger partial charge in [0.2, 0.25) is 0 Å². The zero-order valence-corrected chi connectivity index (χ0v) is 12.6. The summed E-state index contributed by atoms with van der Waals surface area (Å²) in [5.41, 5.74) is 2.74. The van der Waals surface area contributed by atoms with Crippen LogP contribution in [0.15, 0.2) is 24.3 Å². The van der Waals surface area contributed by atoms with Gasteiger partial charge in [0.1, 0.15) is 16.4 Å². The molecule has 1 fully saturated rings. The minimum absolute atomic E-state index is 0.0871. The van der Waals surface area contributed by atoms with Gasteiger partial charge in [0.05, 0.1) is 5.56 Å². The minimum Gasteiger partial charge on any atom is -0.370 e. The zero-order chi connectivity index (χ0) is 14.1. The zero-order valence-electron chi connectivity index (χ0n) is 11.1. The molecule has 1 aromatic heterocycles. The van der Waals surface area contributed by atoms with Crippen molar-refractivity contribution in [3.8, 4) is 11.1 Å². The van der Waals surface area contributed by atoms with Gasteiger partial charge in [-0.3, -0.25) is 0 Å². The highest BCUT2D eigenvalue weighted by atomic mass is 35.5. The van der Waals surface area contributed by atoms with Crippen LogP contribution < -0.4 is 0 Å². The molecule has 3 rings (SSSR count). The van der Waals surface area contributed by atoms with E-state index in [1.165, 1.54) is 0 Å². The number of nitrogens with zero attached hydrogens (tertiary/aromatic N) is 2. The summed E-state index contributed by atoms with van der Waals surface area (Å²) in [4.78, 5) is 8.76. The van der Waals surface area contributed by atoms with Crippen molar-refractivity contribution in [2.75, 3.05) is 6.61 Å². The predicted octanol–water partition coefficient (Wildman–Crippen LogP) is 4.61. The maximum atomic E-state index is 6.33. The van der Waals surface area contributed by atoms with Crippen LogP contribution in [0.4, 0.5) is 0 Å². The van der Waals surface area contributed by atoms with Crippen molar-refractivity contribution in [1.29, 1.82) is 0 Å². The Labute approximate surface area is 127 Å². The van der Waals surface area contributed by atoms with Gasteiger partial charge in [0, 0.05) is 6.61 Å². The molecule has 2 aromatic rings. The molecule has 0 saturated carbocycles. The topological polar surface area (TPSA) is 35.0 Å². The van der Waals surface area contributed by atoms with Crippen LogP contribution in [-0.2, 0) is 4.74 Å². The first-order valence-corrected chi connectivity index (χ1v) is 7.33. The molecule has 20 heavy (non-hydrogen) atoms. The van der Waals surface area contributed by atoms with Gasteiger partial charge in [0.15, 0.2) is 5.82 Å². The fourth-order valence-corrected chi connectivity index (χ4v) is 3.03. The number of hydrogen-bond acceptors (Lipinski definition) is 3. The summed E-state index contributed by atoms with van der Waals surface area (Å²) in [5.74, 6) is 0.579. The fraction of sp³-hybridized carbons (Fsp3) is 0.333. The minimum atomic E-state index is -0.0871. The lowest BCUT2D eigenvalue weighted by atomic mass is 10.0. The van der Waals surface area contributed by atoms with Gasteiger partial charge < -0.3 is 4.74 Å². The molecule has 0 spiro atoms. The van der Waals surface area contributed by atoms with E-state index in [4.69, 9.17) is 27.9 Å². The second kappa shape index (κ2) is 5.68. The standard InChI is InChI=1S/C15H14Cl2N2O/c1-9-5-2-3-6-10(9)12-13(16)18-15(19-14(12)17)11-7-4-8-20-11/h2-3,5-6,11H,4,7-8H2,1H3. The third-order valence-corrected chi connectivity index (χ3v) is 4.02. The lowest BCUT2D eigenvalue weighted by Gasteiger charge is -2.13. The first kappa shape index (κ1) is 13.8. The first-order valence-electron chi connectivity index (χ1n) is 6.57. The van der Waals surface area contributed by atoms with Gasteiger partial charge in [-0.1, -0.05) is 47.5 Å². The van der Waals surface area contributed by atoms with Gasteiger partial charge in [-0.25, -0.2) is 9.97 Å². The molecule has 0 bridgehead atoms. The summed E-state index contributed by atoms with van der Waals surface area (Å²) in [6, 6.07) is 7.90. The molecule has 3 nitrogen and oxygen atoms in total. The van der Waals surface area contributed by atoms with Gasteiger partial charge in [-0.2, -0.15) is 0 Å². The van der Waals surface area contributed by atoms with Crippen LogP contribution in [0.1, 0.15) is 30.3 Å². The number of rotatable bonds is 2. The molecule has 1 saturated heterocycles. The number of benzene rings is 1. The van der Waals surface area contributed by atoms with E-state index in [0.717, 1.165) is 30.6 Å². The summed E-state index contributed by atoms with van der Waals surface area (Å²) in [6.45, 7) is 2.75. The number of halogens is 2. The quantitative estimate of drug-likeness (QED) is 0.760. The molecule has 104 valence electrons. The Bertz CT molecular complexity index is 617. The molecule has 0 aliphatic carbocycles. The first-order chi connectivity index (χ1) is 9.66. The fourth-order valence-electron chi connectivity index (χ4n) is 2.42. The molecule has 1 aliphatic rings. The van der Waals surface area contributed by atoms with Gasteiger partial charge in [-0.05, 0) is 30.9 Å². The Kier molecular flexibility index (Phi) is 3.92. The Morgan fingerprint density at radius 2 is 1.85 bits per heavy atom. The summed E-state index contributed by atoms with van der Waals surface area (Å²) < 4.78 is 5.58. The summed E-state index contributed by atoms with van der Waals surface area (Å²) in [6.07, 6.45) is 1.84. The molecular formula is C15H14Cl2N2O. The van der Waals surface area contributed by atoms with Crippen molar-refractivity contribution in [3.05, 3.63) is 46.0 Å². The van der Waals surface area contributed by atoms with E-state index in [1.54, 1.807) is 0 Å². The molecule has 0 N–H and O–H groups in total. The lowest BCUT2D eigenvalue weighted by Crippen LogP contribution is -2.05. The van der Waals surface area contributed by atoms with Crippen molar-refractivity contribution < 1.29 is 4.74 Å². The van der Waals surface area contributed by atoms with Crippen LogP contribution in [0.5, 0.6) is 0 Å². The van der Waals surface area contributed by atoms with Crippen LogP contribution in [0.25, 0.3) is 11.1 Å². The van der Waals surface area contributed by atoms with Crippen molar-refractivity contribution in [3.63, 3.8) is 0 Å². The molecule has 0 radical (unpaired) electrons. The average molecular weight is 309 g/mol. The van der Waals surface area contributed by atoms with Crippen molar-refractivity contribution in [1.82, 2.24) is 9.97 Å². The lowest BCUT2D eigenvalue weighted by molar-refractivity contribution is 0.105. The van der Waals surface area contributed by atoms with E-state index in [1.807, 2.05) is 31.2 Å². The third-order valence-electron chi connectivity index (χ3n) is 3.47. The predicted molar refractivity (Wildman–Crippen MR) is 80.2 cm³/mol. The van der Waals surface area contributed by atoms with E-state index < -0.39 is 0 Å². The summed E-state index contributed by atoms with van der Waals surface area (Å²) in [5, 5.41) is 0.759. The van der Waals surface area contributed by atoms with Crippen molar-refractivity contribution >= 4 is 23.2 Å². The number of ether oxygens (including phenoxy) is 1. The number of aryl methyl sites for hydroxylation is 1. The molecular weight excluding hydrogens is 295 g/mol. The Morgan fingerprint density at radius 3 is 2.45 bits per heavy atom. The maximum absolute atomic E-state index is 6.33. The van der Waals surface area contributed by atoms with Gasteiger partial charge in [0.25, 0.3) is 0 Å². The number of aromatic nitrogens is 2. The summed E-state index contributed by atoms with van der Waals surface area (Å²) >= 11 is 12.7.